The van der Waals surface area contributed by atoms with Gasteiger partial charge in [-0.25, -0.2) is 5.48 Å². The van der Waals surface area contributed by atoms with Crippen LogP contribution in [0.5, 0.6) is 0 Å². The normalized spacial score (nSPS) is 18.0. The maximum absolute atomic E-state index is 10.0. The zero-order chi connectivity index (χ0) is 4.41. The molecule has 3 nitrogen and oxygen atoms in total. The van der Waals surface area contributed by atoms with Gasteiger partial charge in [-0.2, -0.15) is 0 Å². The Labute approximate surface area is 84.2 Å². The zero-order valence-electron chi connectivity index (χ0n) is 3.23. The van der Waals surface area contributed by atoms with Gasteiger partial charge >= 0.3 is 51.4 Å². The molecule has 0 aromatic carbocycles. The molecule has 1 aliphatic rings. The topological polar surface area (TPSA) is 38.3 Å². The molecule has 1 heterocycles. The fourth-order valence-electron chi connectivity index (χ4n) is 0.326. The second-order valence-electron chi connectivity index (χ2n) is 1.12. The average Bonchev–Trinajstić information content (AvgIpc) is 1.86. The first-order chi connectivity index (χ1) is 2.89. The standard InChI is InChI=1S/C3H5NO2.K.H/c5-3-1-2-6-4-3;;/h1-2H2,(H,4,5);;. The Morgan fingerprint density at radius 3 is 2.57 bits per heavy atom. The molecule has 0 radical (unpaired) electrons. The van der Waals surface area contributed by atoms with Crippen molar-refractivity contribution in [2.45, 2.75) is 6.42 Å². The number of amides is 1. The van der Waals surface area contributed by atoms with Crippen LogP contribution in [-0.4, -0.2) is 63.9 Å². The number of nitrogens with one attached hydrogen (secondary N) is 1. The van der Waals surface area contributed by atoms with Crippen LogP contribution in [0.15, 0.2) is 0 Å². The van der Waals surface area contributed by atoms with E-state index in [9.17, 15) is 4.79 Å². The van der Waals surface area contributed by atoms with Crippen molar-refractivity contribution in [3.8, 4) is 0 Å². The molecular weight excluding hydrogens is 121 g/mol. The molecule has 4 heteroatoms. The molecule has 1 rings (SSSR count). The van der Waals surface area contributed by atoms with E-state index in [1.165, 1.54) is 0 Å². The van der Waals surface area contributed by atoms with Gasteiger partial charge in [-0.1, -0.05) is 0 Å². The van der Waals surface area contributed by atoms with Crippen molar-refractivity contribution >= 4 is 57.3 Å². The summed E-state index contributed by atoms with van der Waals surface area (Å²) in [4.78, 5) is 14.5. The van der Waals surface area contributed by atoms with E-state index in [1.54, 1.807) is 0 Å². The van der Waals surface area contributed by atoms with Crippen LogP contribution in [0.4, 0.5) is 0 Å². The van der Waals surface area contributed by atoms with Crippen molar-refractivity contribution in [2.24, 2.45) is 0 Å². The van der Waals surface area contributed by atoms with Gasteiger partial charge in [0.2, 0.25) is 5.91 Å². The molecule has 1 saturated heterocycles. The van der Waals surface area contributed by atoms with Crippen molar-refractivity contribution in [1.82, 2.24) is 5.48 Å². The molecule has 1 aliphatic heterocycles. The summed E-state index contributed by atoms with van der Waals surface area (Å²) in [6.45, 7) is 0.527. The van der Waals surface area contributed by atoms with Crippen LogP contribution < -0.4 is 5.48 Å². The number of carbonyl (C=O) groups is 1. The quantitative estimate of drug-likeness (QED) is 0.415. The number of hydrogen-bond donors (Lipinski definition) is 1. The average molecular weight is 127 g/mol. The van der Waals surface area contributed by atoms with Gasteiger partial charge in [0.15, 0.2) is 0 Å². The molecule has 36 valence electrons. The summed E-state index contributed by atoms with van der Waals surface area (Å²) >= 11 is 0. The molecule has 0 bridgehead atoms. The minimum atomic E-state index is -0.0185. The van der Waals surface area contributed by atoms with Gasteiger partial charge in [0.1, 0.15) is 0 Å². The fraction of sp³-hybridized carbons (Fsp3) is 0.667. The van der Waals surface area contributed by atoms with Crippen LogP contribution in [0, 0.1) is 0 Å². The molecule has 0 spiro atoms. The molecular formula is C3H6KNO2. The summed E-state index contributed by atoms with van der Waals surface area (Å²) in [6, 6.07) is 0. The van der Waals surface area contributed by atoms with E-state index in [0.717, 1.165) is 0 Å². The van der Waals surface area contributed by atoms with Crippen molar-refractivity contribution < 1.29 is 9.63 Å². The van der Waals surface area contributed by atoms with Crippen LogP contribution in [0.3, 0.4) is 0 Å². The Balaban J connectivity index is 0.000000360. The molecule has 0 aromatic rings. The van der Waals surface area contributed by atoms with E-state index in [0.29, 0.717) is 13.0 Å². The molecule has 0 aromatic heterocycles. The number of hydrogen-bond acceptors (Lipinski definition) is 2. The Bertz CT molecular complexity index is 67.3. The SMILES string of the molecule is O=C1CCON1.[KH]. The Morgan fingerprint density at radius 2 is 2.43 bits per heavy atom. The molecule has 0 aliphatic carbocycles. The first kappa shape index (κ1) is 8.07. The van der Waals surface area contributed by atoms with Crippen molar-refractivity contribution in [2.75, 3.05) is 6.61 Å². The number of rotatable bonds is 0. The molecule has 1 N–H and O–H groups in total. The molecule has 1 fully saturated rings. The maximum atomic E-state index is 10.0. The van der Waals surface area contributed by atoms with E-state index in [2.05, 4.69) is 10.3 Å². The Morgan fingerprint density at radius 1 is 1.71 bits per heavy atom. The second-order valence-corrected chi connectivity index (χ2v) is 1.12. The summed E-state index contributed by atoms with van der Waals surface area (Å²) in [7, 11) is 0. The Kier molecular flexibility index (Phi) is 4.61. The Hall–Kier alpha value is 1.07. The van der Waals surface area contributed by atoms with Crippen LogP contribution >= 0.6 is 0 Å². The summed E-state index contributed by atoms with van der Waals surface area (Å²) in [5.41, 5.74) is 2.18. The van der Waals surface area contributed by atoms with Crippen LogP contribution in [-0.2, 0) is 9.63 Å². The number of carbonyl (C=O) groups excluding carboxylic acids is 1. The van der Waals surface area contributed by atoms with Gasteiger partial charge in [-0.3, -0.25) is 9.63 Å². The third-order valence-corrected chi connectivity index (χ3v) is 0.617. The molecule has 7 heavy (non-hydrogen) atoms. The van der Waals surface area contributed by atoms with E-state index in [-0.39, 0.29) is 57.3 Å². The van der Waals surface area contributed by atoms with E-state index < -0.39 is 0 Å². The van der Waals surface area contributed by atoms with Crippen molar-refractivity contribution in [3.05, 3.63) is 0 Å². The van der Waals surface area contributed by atoms with Crippen LogP contribution in [0.2, 0.25) is 0 Å². The monoisotopic (exact) mass is 127 g/mol. The third kappa shape index (κ3) is 2.79. The fourth-order valence-corrected chi connectivity index (χ4v) is 0.326. The third-order valence-electron chi connectivity index (χ3n) is 0.617. The van der Waals surface area contributed by atoms with E-state index >= 15 is 0 Å². The van der Waals surface area contributed by atoms with Gasteiger partial charge in [-0.05, 0) is 0 Å². The molecule has 1 amide bonds. The summed E-state index contributed by atoms with van der Waals surface area (Å²) in [6.07, 6.45) is 0.514. The molecule has 0 saturated carbocycles. The van der Waals surface area contributed by atoms with Crippen LogP contribution in [0.1, 0.15) is 6.42 Å². The summed E-state index contributed by atoms with van der Waals surface area (Å²) in [5, 5.41) is 0. The predicted octanol–water partition coefficient (Wildman–Crippen LogP) is -1.21. The zero-order valence-corrected chi connectivity index (χ0v) is 3.23. The molecule has 0 atom stereocenters. The van der Waals surface area contributed by atoms with E-state index in [4.69, 9.17) is 0 Å². The summed E-state index contributed by atoms with van der Waals surface area (Å²) < 4.78 is 0. The van der Waals surface area contributed by atoms with Crippen molar-refractivity contribution in [3.63, 3.8) is 0 Å². The first-order valence-electron chi connectivity index (χ1n) is 1.80. The van der Waals surface area contributed by atoms with Gasteiger partial charge in [0.25, 0.3) is 0 Å². The van der Waals surface area contributed by atoms with Gasteiger partial charge in [0, 0.05) is 0 Å². The van der Waals surface area contributed by atoms with E-state index in [1.807, 2.05) is 0 Å². The van der Waals surface area contributed by atoms with Gasteiger partial charge in [0.05, 0.1) is 13.0 Å². The van der Waals surface area contributed by atoms with Crippen LogP contribution in [0.25, 0.3) is 0 Å². The number of hydroxylamine groups is 1. The molecule has 0 unspecified atom stereocenters. The second kappa shape index (κ2) is 4.00. The van der Waals surface area contributed by atoms with Gasteiger partial charge < -0.3 is 0 Å². The van der Waals surface area contributed by atoms with Gasteiger partial charge in [-0.15, -0.1) is 0 Å². The van der Waals surface area contributed by atoms with Crippen molar-refractivity contribution in [1.29, 1.82) is 0 Å². The summed E-state index contributed by atoms with van der Waals surface area (Å²) in [5.74, 6) is -0.0185. The minimum absolute atomic E-state index is 0. The predicted molar refractivity (Wildman–Crippen MR) is 25.9 cm³/mol. The first-order valence-corrected chi connectivity index (χ1v) is 1.80.